The van der Waals surface area contributed by atoms with Crippen molar-refractivity contribution in [3.05, 3.63) is 29.6 Å². The molecule has 0 aliphatic rings. The summed E-state index contributed by atoms with van der Waals surface area (Å²) in [6, 6.07) is 4.80. The predicted molar refractivity (Wildman–Crippen MR) is 68.4 cm³/mol. The second-order valence-corrected chi connectivity index (χ2v) is 5.00. The summed E-state index contributed by atoms with van der Waals surface area (Å²) in [5.74, 6) is -0.147. The standard InChI is InChI=1S/C14H20FNO/c1-9(2)7-11(4)14(17)16-13-6-5-10(3)8-12(13)15/h5-6,8-9,11H,7H2,1-4H3,(H,16,17). The maximum atomic E-state index is 13.5. The third-order valence-electron chi connectivity index (χ3n) is 2.65. The topological polar surface area (TPSA) is 29.1 Å². The minimum absolute atomic E-state index is 0.101. The van der Waals surface area contributed by atoms with Crippen molar-refractivity contribution in [2.45, 2.75) is 34.1 Å². The molecule has 0 heterocycles. The van der Waals surface area contributed by atoms with Crippen molar-refractivity contribution in [2.24, 2.45) is 11.8 Å². The lowest BCUT2D eigenvalue weighted by Gasteiger charge is -2.14. The molecule has 0 saturated heterocycles. The lowest BCUT2D eigenvalue weighted by Crippen LogP contribution is -2.22. The normalized spacial score (nSPS) is 12.6. The van der Waals surface area contributed by atoms with Crippen LogP contribution in [0, 0.1) is 24.6 Å². The highest BCUT2D eigenvalue weighted by Gasteiger charge is 2.15. The van der Waals surface area contributed by atoms with Gasteiger partial charge in [0.2, 0.25) is 5.91 Å². The number of amides is 1. The molecule has 0 aliphatic carbocycles. The Morgan fingerprint density at radius 2 is 2.00 bits per heavy atom. The smallest absolute Gasteiger partial charge is 0.227 e. The van der Waals surface area contributed by atoms with Gasteiger partial charge in [-0.25, -0.2) is 4.39 Å². The highest BCUT2D eigenvalue weighted by molar-refractivity contribution is 5.92. The second-order valence-electron chi connectivity index (χ2n) is 5.00. The van der Waals surface area contributed by atoms with E-state index < -0.39 is 0 Å². The van der Waals surface area contributed by atoms with Gasteiger partial charge in [-0.3, -0.25) is 4.79 Å². The maximum absolute atomic E-state index is 13.5. The zero-order valence-corrected chi connectivity index (χ0v) is 10.9. The fraction of sp³-hybridized carbons (Fsp3) is 0.500. The van der Waals surface area contributed by atoms with Gasteiger partial charge in [-0.05, 0) is 37.0 Å². The number of anilines is 1. The monoisotopic (exact) mass is 237 g/mol. The highest BCUT2D eigenvalue weighted by Crippen LogP contribution is 2.18. The molecule has 1 atom stereocenters. The summed E-state index contributed by atoms with van der Waals surface area (Å²) in [5, 5.41) is 2.63. The number of hydrogen-bond donors (Lipinski definition) is 1. The summed E-state index contributed by atoms with van der Waals surface area (Å²) in [6.45, 7) is 7.81. The number of halogens is 1. The first-order valence-corrected chi connectivity index (χ1v) is 5.97. The average molecular weight is 237 g/mol. The lowest BCUT2D eigenvalue weighted by atomic mass is 9.98. The van der Waals surface area contributed by atoms with Crippen molar-refractivity contribution in [3.63, 3.8) is 0 Å². The van der Waals surface area contributed by atoms with Gasteiger partial charge >= 0.3 is 0 Å². The zero-order chi connectivity index (χ0) is 13.0. The van der Waals surface area contributed by atoms with Crippen LogP contribution in [0.4, 0.5) is 10.1 Å². The third kappa shape index (κ3) is 4.17. The van der Waals surface area contributed by atoms with E-state index in [-0.39, 0.29) is 23.3 Å². The summed E-state index contributed by atoms with van der Waals surface area (Å²) >= 11 is 0. The number of carbonyl (C=O) groups excluding carboxylic acids is 1. The molecule has 0 fully saturated rings. The lowest BCUT2D eigenvalue weighted by molar-refractivity contribution is -0.119. The fourth-order valence-electron chi connectivity index (χ4n) is 1.79. The molecule has 3 heteroatoms. The van der Waals surface area contributed by atoms with Crippen molar-refractivity contribution in [3.8, 4) is 0 Å². The van der Waals surface area contributed by atoms with Crippen LogP contribution in [0.3, 0.4) is 0 Å². The first-order valence-electron chi connectivity index (χ1n) is 5.97. The zero-order valence-electron chi connectivity index (χ0n) is 10.9. The summed E-state index contributed by atoms with van der Waals surface area (Å²) in [5.41, 5.74) is 1.10. The van der Waals surface area contributed by atoms with E-state index in [1.165, 1.54) is 6.07 Å². The largest absolute Gasteiger partial charge is 0.323 e. The van der Waals surface area contributed by atoms with Gasteiger partial charge in [0.1, 0.15) is 5.82 Å². The van der Waals surface area contributed by atoms with E-state index in [0.29, 0.717) is 5.92 Å². The van der Waals surface area contributed by atoms with Crippen LogP contribution in [0.25, 0.3) is 0 Å². The summed E-state index contributed by atoms with van der Waals surface area (Å²) in [4.78, 5) is 11.8. The van der Waals surface area contributed by atoms with Gasteiger partial charge in [-0.2, -0.15) is 0 Å². The van der Waals surface area contributed by atoms with Crippen molar-refractivity contribution in [1.29, 1.82) is 0 Å². The number of benzene rings is 1. The van der Waals surface area contributed by atoms with Crippen molar-refractivity contribution in [2.75, 3.05) is 5.32 Å². The fourth-order valence-corrected chi connectivity index (χ4v) is 1.79. The average Bonchev–Trinajstić information content (AvgIpc) is 2.21. The molecule has 2 nitrogen and oxygen atoms in total. The van der Waals surface area contributed by atoms with E-state index in [2.05, 4.69) is 19.2 Å². The van der Waals surface area contributed by atoms with E-state index in [4.69, 9.17) is 0 Å². The van der Waals surface area contributed by atoms with Crippen LogP contribution in [0.15, 0.2) is 18.2 Å². The number of carbonyl (C=O) groups is 1. The first kappa shape index (κ1) is 13.7. The summed E-state index contributed by atoms with van der Waals surface area (Å²) in [7, 11) is 0. The Labute approximate surface area is 102 Å². The van der Waals surface area contributed by atoms with Crippen LogP contribution >= 0.6 is 0 Å². The third-order valence-corrected chi connectivity index (χ3v) is 2.65. The Morgan fingerprint density at radius 1 is 1.35 bits per heavy atom. The Morgan fingerprint density at radius 3 is 2.53 bits per heavy atom. The van der Waals surface area contributed by atoms with E-state index in [1.807, 2.05) is 13.8 Å². The molecule has 1 aromatic carbocycles. The Balaban J connectivity index is 2.67. The summed E-state index contributed by atoms with van der Waals surface area (Å²) in [6.07, 6.45) is 0.805. The molecule has 0 aromatic heterocycles. The number of hydrogen-bond acceptors (Lipinski definition) is 1. The molecular weight excluding hydrogens is 217 g/mol. The van der Waals surface area contributed by atoms with Crippen LogP contribution in [0.2, 0.25) is 0 Å². The molecule has 1 N–H and O–H groups in total. The molecule has 0 bridgehead atoms. The van der Waals surface area contributed by atoms with Crippen molar-refractivity contribution < 1.29 is 9.18 Å². The Bertz CT molecular complexity index is 401. The van der Waals surface area contributed by atoms with Gasteiger partial charge in [0.05, 0.1) is 5.69 Å². The minimum Gasteiger partial charge on any atom is -0.323 e. The van der Waals surface area contributed by atoms with Gasteiger partial charge in [0.15, 0.2) is 0 Å². The molecule has 1 unspecified atom stereocenters. The predicted octanol–water partition coefficient (Wildman–Crippen LogP) is 3.75. The minimum atomic E-state index is -0.380. The molecule has 94 valence electrons. The molecule has 17 heavy (non-hydrogen) atoms. The Hall–Kier alpha value is -1.38. The van der Waals surface area contributed by atoms with E-state index >= 15 is 0 Å². The van der Waals surface area contributed by atoms with E-state index in [1.54, 1.807) is 12.1 Å². The Kier molecular flexibility index (Phi) is 4.67. The van der Waals surface area contributed by atoms with Gasteiger partial charge in [0, 0.05) is 5.92 Å². The van der Waals surface area contributed by atoms with Gasteiger partial charge < -0.3 is 5.32 Å². The SMILES string of the molecule is Cc1ccc(NC(=O)C(C)CC(C)C)c(F)c1. The first-order chi connectivity index (χ1) is 7.90. The quantitative estimate of drug-likeness (QED) is 0.848. The van der Waals surface area contributed by atoms with Crippen LogP contribution < -0.4 is 5.32 Å². The highest BCUT2D eigenvalue weighted by atomic mass is 19.1. The molecule has 0 radical (unpaired) electrons. The summed E-state index contributed by atoms with van der Waals surface area (Å²) < 4.78 is 13.5. The molecule has 1 rings (SSSR count). The molecule has 0 saturated carbocycles. The van der Waals surface area contributed by atoms with Gasteiger partial charge in [-0.15, -0.1) is 0 Å². The number of aryl methyl sites for hydroxylation is 1. The maximum Gasteiger partial charge on any atom is 0.227 e. The molecule has 1 aromatic rings. The van der Waals surface area contributed by atoms with Crippen molar-refractivity contribution in [1.82, 2.24) is 0 Å². The van der Waals surface area contributed by atoms with E-state index in [0.717, 1.165) is 12.0 Å². The van der Waals surface area contributed by atoms with Crippen molar-refractivity contribution >= 4 is 11.6 Å². The van der Waals surface area contributed by atoms with Gasteiger partial charge in [-0.1, -0.05) is 26.8 Å². The molecule has 0 aliphatic heterocycles. The molecule has 1 amide bonds. The van der Waals surface area contributed by atoms with Crippen LogP contribution in [-0.4, -0.2) is 5.91 Å². The molecule has 0 spiro atoms. The van der Waals surface area contributed by atoms with Crippen LogP contribution in [0.1, 0.15) is 32.8 Å². The van der Waals surface area contributed by atoms with Crippen LogP contribution in [0.5, 0.6) is 0 Å². The number of rotatable bonds is 4. The number of nitrogens with one attached hydrogen (secondary N) is 1. The second kappa shape index (κ2) is 5.80. The van der Waals surface area contributed by atoms with Crippen LogP contribution in [-0.2, 0) is 4.79 Å². The molecular formula is C14H20FNO. The van der Waals surface area contributed by atoms with E-state index in [9.17, 15) is 9.18 Å². The van der Waals surface area contributed by atoms with Gasteiger partial charge in [0.25, 0.3) is 0 Å².